The highest BCUT2D eigenvalue weighted by atomic mass is 16.6. The van der Waals surface area contributed by atoms with Crippen molar-refractivity contribution in [3.63, 3.8) is 0 Å². The molecule has 0 radical (unpaired) electrons. The normalized spacial score (nSPS) is 12.4. The summed E-state index contributed by atoms with van der Waals surface area (Å²) < 4.78 is 11.1. The van der Waals surface area contributed by atoms with Crippen LogP contribution >= 0.6 is 0 Å². The molecule has 0 aliphatic heterocycles. The summed E-state index contributed by atoms with van der Waals surface area (Å²) in [4.78, 5) is 49.0. The fourth-order valence-electron chi connectivity index (χ4n) is 6.20. The average molecular weight is 696 g/mol. The Bertz CT molecular complexity index is 803. The Morgan fingerprint density at radius 1 is 0.531 bits per heavy atom. The minimum Gasteiger partial charge on any atom is -0.462 e. The molecular weight excluding hydrogens is 618 g/mol. The van der Waals surface area contributed by atoms with Crippen LogP contribution in [0.4, 0.5) is 0 Å². The van der Waals surface area contributed by atoms with Crippen LogP contribution in [-0.4, -0.2) is 54.1 Å². The van der Waals surface area contributed by atoms with Gasteiger partial charge in [0.25, 0.3) is 0 Å². The van der Waals surface area contributed by atoms with Gasteiger partial charge in [-0.25, -0.2) is 0 Å². The summed E-state index contributed by atoms with van der Waals surface area (Å²) in [6, 6.07) is -1.00. The van der Waals surface area contributed by atoms with Crippen molar-refractivity contribution in [1.82, 2.24) is 5.32 Å². The molecule has 49 heavy (non-hydrogen) atoms. The van der Waals surface area contributed by atoms with E-state index in [4.69, 9.17) is 9.47 Å². The summed E-state index contributed by atoms with van der Waals surface area (Å²) in [7, 11) is 0. The van der Waals surface area contributed by atoms with E-state index in [0.717, 1.165) is 38.5 Å². The molecule has 2 atom stereocenters. The van der Waals surface area contributed by atoms with E-state index in [9.17, 15) is 24.3 Å². The monoisotopic (exact) mass is 696 g/mol. The van der Waals surface area contributed by atoms with Gasteiger partial charge in [0.1, 0.15) is 18.8 Å². The third-order valence-corrected chi connectivity index (χ3v) is 9.36. The van der Waals surface area contributed by atoms with Crippen LogP contribution in [0.2, 0.25) is 0 Å². The summed E-state index contributed by atoms with van der Waals surface area (Å²) in [5.41, 5.74) is 0. The molecule has 0 heterocycles. The number of nitrogens with one attached hydrogen (secondary N) is 1. The Kier molecular flexibility index (Phi) is 34.4. The van der Waals surface area contributed by atoms with Crippen molar-refractivity contribution in [3.8, 4) is 0 Å². The summed E-state index contributed by atoms with van der Waals surface area (Å²) in [6.45, 7) is 5.18. The molecule has 0 fully saturated rings. The van der Waals surface area contributed by atoms with E-state index in [1.807, 2.05) is 0 Å². The molecule has 0 aromatic heterocycles. The summed E-state index contributed by atoms with van der Waals surface area (Å²) in [6.07, 6.45) is 32.0. The maximum atomic E-state index is 12.6. The van der Waals surface area contributed by atoms with Crippen LogP contribution in [0, 0.1) is 0 Å². The van der Waals surface area contributed by atoms with Crippen molar-refractivity contribution in [2.45, 2.75) is 226 Å². The number of ether oxygens (including phenoxy) is 2. The lowest BCUT2D eigenvalue weighted by Gasteiger charge is -2.19. The van der Waals surface area contributed by atoms with E-state index >= 15 is 0 Å². The fourth-order valence-corrected chi connectivity index (χ4v) is 6.20. The Labute approximate surface area is 301 Å². The number of rotatable bonds is 37. The molecule has 0 saturated heterocycles. The zero-order chi connectivity index (χ0) is 36.2. The SMILES string of the molecule is CCCCCCCCCCCCCCCC(=O)OC[C@H](CCC(=O)[C@@H](CO)NC(C)=O)OC(=O)CCCCCCCCCCCCCCC. The summed E-state index contributed by atoms with van der Waals surface area (Å²) in [5.74, 6) is -1.43. The third-order valence-electron chi connectivity index (χ3n) is 9.36. The lowest BCUT2D eigenvalue weighted by molar-refractivity contribution is -0.160. The quantitative estimate of drug-likeness (QED) is 0.0490. The van der Waals surface area contributed by atoms with Crippen molar-refractivity contribution in [2.75, 3.05) is 13.2 Å². The lowest BCUT2D eigenvalue weighted by Crippen LogP contribution is -2.42. The van der Waals surface area contributed by atoms with Crippen LogP contribution in [0.1, 0.15) is 213 Å². The van der Waals surface area contributed by atoms with Gasteiger partial charge in [-0.2, -0.15) is 0 Å². The number of hydrogen-bond donors (Lipinski definition) is 2. The number of aliphatic hydroxyl groups excluding tert-OH is 1. The molecule has 0 spiro atoms. The first-order valence-corrected chi connectivity index (χ1v) is 20.6. The van der Waals surface area contributed by atoms with Crippen LogP contribution in [0.15, 0.2) is 0 Å². The lowest BCUT2D eigenvalue weighted by atomic mass is 10.0. The van der Waals surface area contributed by atoms with E-state index < -0.39 is 24.7 Å². The first-order valence-electron chi connectivity index (χ1n) is 20.6. The molecule has 1 amide bonds. The van der Waals surface area contributed by atoms with Gasteiger partial charge >= 0.3 is 11.9 Å². The molecule has 0 rings (SSSR count). The van der Waals surface area contributed by atoms with Gasteiger partial charge in [0.15, 0.2) is 5.78 Å². The molecule has 0 aliphatic carbocycles. The number of carbonyl (C=O) groups is 4. The highest BCUT2D eigenvalue weighted by molar-refractivity contribution is 5.88. The van der Waals surface area contributed by atoms with Gasteiger partial charge < -0.3 is 19.9 Å². The van der Waals surface area contributed by atoms with Crippen LogP contribution in [0.5, 0.6) is 0 Å². The number of aliphatic hydroxyl groups is 1. The number of unbranched alkanes of at least 4 members (excludes halogenated alkanes) is 24. The van der Waals surface area contributed by atoms with Crippen LogP contribution in [0.3, 0.4) is 0 Å². The fraction of sp³-hybridized carbons (Fsp3) is 0.902. The molecule has 8 heteroatoms. The van der Waals surface area contributed by atoms with Gasteiger partial charge in [-0.3, -0.25) is 19.2 Å². The van der Waals surface area contributed by atoms with E-state index in [-0.39, 0.29) is 37.2 Å². The smallest absolute Gasteiger partial charge is 0.306 e. The van der Waals surface area contributed by atoms with Gasteiger partial charge in [-0.15, -0.1) is 0 Å². The Morgan fingerprint density at radius 3 is 1.27 bits per heavy atom. The van der Waals surface area contributed by atoms with Gasteiger partial charge in [-0.1, -0.05) is 168 Å². The second kappa shape index (κ2) is 35.9. The maximum absolute atomic E-state index is 12.6. The minimum atomic E-state index is -1.00. The van der Waals surface area contributed by atoms with E-state index in [2.05, 4.69) is 19.2 Å². The molecule has 0 saturated carbocycles. The number of amides is 1. The third kappa shape index (κ3) is 33.0. The van der Waals surface area contributed by atoms with Crippen LogP contribution in [0.25, 0.3) is 0 Å². The molecule has 8 nitrogen and oxygen atoms in total. The van der Waals surface area contributed by atoms with Gasteiger partial charge in [0, 0.05) is 26.2 Å². The van der Waals surface area contributed by atoms with Crippen molar-refractivity contribution >= 4 is 23.6 Å². The number of esters is 2. The highest BCUT2D eigenvalue weighted by Crippen LogP contribution is 2.16. The zero-order valence-electron chi connectivity index (χ0n) is 32.2. The summed E-state index contributed by atoms with van der Waals surface area (Å²) >= 11 is 0. The molecule has 0 aromatic rings. The maximum Gasteiger partial charge on any atom is 0.306 e. The van der Waals surface area contributed by atoms with Crippen molar-refractivity contribution < 1.29 is 33.8 Å². The largest absolute Gasteiger partial charge is 0.462 e. The van der Waals surface area contributed by atoms with E-state index in [1.54, 1.807) is 0 Å². The number of hydrogen-bond acceptors (Lipinski definition) is 7. The zero-order valence-corrected chi connectivity index (χ0v) is 32.2. The van der Waals surface area contributed by atoms with Crippen molar-refractivity contribution in [3.05, 3.63) is 0 Å². The second-order valence-corrected chi connectivity index (χ2v) is 14.2. The van der Waals surface area contributed by atoms with Crippen LogP contribution < -0.4 is 5.32 Å². The van der Waals surface area contributed by atoms with Gasteiger partial charge in [0.2, 0.25) is 5.91 Å². The first kappa shape index (κ1) is 47.0. The Morgan fingerprint density at radius 2 is 0.898 bits per heavy atom. The second-order valence-electron chi connectivity index (χ2n) is 14.2. The van der Waals surface area contributed by atoms with E-state index in [0.29, 0.717) is 12.8 Å². The topological polar surface area (TPSA) is 119 Å². The highest BCUT2D eigenvalue weighted by Gasteiger charge is 2.23. The summed E-state index contributed by atoms with van der Waals surface area (Å²) in [5, 5.41) is 11.9. The van der Waals surface area contributed by atoms with Gasteiger partial charge in [0.05, 0.1) is 6.61 Å². The molecule has 288 valence electrons. The predicted molar refractivity (Wildman–Crippen MR) is 200 cm³/mol. The molecule has 2 N–H and O–H groups in total. The Hall–Kier alpha value is -1.96. The number of Topliss-reactive ketones (excluding diaryl/α,β-unsaturated/α-hetero) is 1. The molecule has 0 aromatic carbocycles. The minimum absolute atomic E-state index is 0.0153. The molecule has 0 aliphatic rings. The Balaban J connectivity index is 4.33. The molecule has 0 bridgehead atoms. The molecular formula is C41H77NO7. The van der Waals surface area contributed by atoms with Crippen molar-refractivity contribution in [2.24, 2.45) is 0 Å². The van der Waals surface area contributed by atoms with Gasteiger partial charge in [-0.05, 0) is 19.3 Å². The van der Waals surface area contributed by atoms with E-state index in [1.165, 1.54) is 135 Å². The average Bonchev–Trinajstić information content (AvgIpc) is 3.08. The predicted octanol–water partition coefficient (Wildman–Crippen LogP) is 10.3. The number of ketones is 1. The van der Waals surface area contributed by atoms with Crippen LogP contribution in [-0.2, 0) is 28.7 Å². The standard InChI is InChI=1S/C41H77NO7/c1-4-6-8-10-12-14-16-18-20-22-24-26-28-30-40(46)48-35-37(32-33-39(45)38(34-43)42-36(3)44)49-41(47)31-29-27-25-23-21-19-17-15-13-11-9-7-5-2/h37-38,43H,4-35H2,1-3H3,(H,42,44)/t37-,38+/m0/s1. The molecule has 0 unspecified atom stereocenters. The van der Waals surface area contributed by atoms with Crippen molar-refractivity contribution in [1.29, 1.82) is 0 Å². The number of carbonyl (C=O) groups excluding carboxylic acids is 4. The first-order chi connectivity index (χ1) is 23.8.